The number of amides is 1. The lowest BCUT2D eigenvalue weighted by atomic mass is 10.1. The second-order valence-corrected chi connectivity index (χ2v) is 10.8. The fraction of sp³-hybridized carbons (Fsp3) is 0.208. The van der Waals surface area contributed by atoms with Crippen molar-refractivity contribution >= 4 is 43.5 Å². The Bertz CT molecular complexity index is 1180. The Labute approximate surface area is 202 Å². The average molecular weight is 536 g/mol. The lowest BCUT2D eigenvalue weighted by Crippen LogP contribution is -2.41. The summed E-state index contributed by atoms with van der Waals surface area (Å²) in [5.41, 5.74) is 2.78. The molecule has 1 amide bonds. The van der Waals surface area contributed by atoms with Crippen LogP contribution in [0.15, 0.2) is 82.2 Å². The van der Waals surface area contributed by atoms with Crippen molar-refractivity contribution in [1.82, 2.24) is 9.62 Å². The number of sulfonamides is 1. The van der Waals surface area contributed by atoms with Gasteiger partial charge in [-0.15, -0.1) is 0 Å². The van der Waals surface area contributed by atoms with E-state index in [9.17, 15) is 13.2 Å². The SMILES string of the molecule is Cc1ccc(CN(CC(=O)NC(C)c2cccc(Br)c2)S(=O)(=O)c2ccc(Cl)cc2)cc1. The maximum Gasteiger partial charge on any atom is 0.243 e. The number of aryl methyl sites for hydroxylation is 1. The lowest BCUT2D eigenvalue weighted by Gasteiger charge is -2.23. The molecule has 0 spiro atoms. The molecule has 0 heterocycles. The average Bonchev–Trinajstić information content (AvgIpc) is 2.75. The van der Waals surface area contributed by atoms with Crippen molar-refractivity contribution in [3.8, 4) is 0 Å². The third kappa shape index (κ3) is 6.42. The molecule has 1 atom stereocenters. The van der Waals surface area contributed by atoms with E-state index in [-0.39, 0.29) is 29.9 Å². The molecule has 0 aliphatic carbocycles. The molecular weight excluding hydrogens is 512 g/mol. The zero-order valence-corrected chi connectivity index (χ0v) is 20.9. The molecule has 0 aromatic heterocycles. The van der Waals surface area contributed by atoms with Gasteiger partial charge in [-0.05, 0) is 61.4 Å². The van der Waals surface area contributed by atoms with Crippen LogP contribution in [0.1, 0.15) is 29.7 Å². The third-order valence-corrected chi connectivity index (χ3v) is 7.53. The number of nitrogens with one attached hydrogen (secondary N) is 1. The normalized spacial score (nSPS) is 12.5. The van der Waals surface area contributed by atoms with Crippen molar-refractivity contribution in [2.45, 2.75) is 31.3 Å². The molecule has 0 saturated heterocycles. The largest absolute Gasteiger partial charge is 0.348 e. The molecule has 3 aromatic carbocycles. The minimum absolute atomic E-state index is 0.0733. The van der Waals surface area contributed by atoms with Gasteiger partial charge in [-0.1, -0.05) is 69.5 Å². The molecule has 0 aliphatic heterocycles. The summed E-state index contributed by atoms with van der Waals surface area (Å²) in [6.07, 6.45) is 0. The number of halogens is 2. The van der Waals surface area contributed by atoms with Crippen molar-refractivity contribution in [2.75, 3.05) is 6.54 Å². The molecule has 0 bridgehead atoms. The van der Waals surface area contributed by atoms with Crippen molar-refractivity contribution < 1.29 is 13.2 Å². The van der Waals surface area contributed by atoms with E-state index in [2.05, 4.69) is 21.2 Å². The Morgan fingerprint density at radius 1 is 1.06 bits per heavy atom. The van der Waals surface area contributed by atoms with Crippen LogP contribution in [0.2, 0.25) is 5.02 Å². The summed E-state index contributed by atoms with van der Waals surface area (Å²) in [4.78, 5) is 12.9. The molecule has 0 aliphatic rings. The monoisotopic (exact) mass is 534 g/mol. The number of carbonyl (C=O) groups excluding carboxylic acids is 1. The van der Waals surface area contributed by atoms with Crippen molar-refractivity contribution in [3.63, 3.8) is 0 Å². The van der Waals surface area contributed by atoms with Gasteiger partial charge in [-0.25, -0.2) is 8.42 Å². The van der Waals surface area contributed by atoms with Crippen LogP contribution in [-0.2, 0) is 21.4 Å². The van der Waals surface area contributed by atoms with Gasteiger partial charge < -0.3 is 5.32 Å². The number of hydrogen-bond donors (Lipinski definition) is 1. The van der Waals surface area contributed by atoms with E-state index in [0.717, 1.165) is 21.2 Å². The van der Waals surface area contributed by atoms with E-state index in [0.29, 0.717) is 5.02 Å². The first-order valence-electron chi connectivity index (χ1n) is 10.0. The minimum Gasteiger partial charge on any atom is -0.348 e. The first-order valence-corrected chi connectivity index (χ1v) is 12.6. The molecular formula is C24H24BrClN2O3S. The molecule has 3 rings (SSSR count). The Balaban J connectivity index is 1.83. The maximum atomic E-state index is 13.3. The second-order valence-electron chi connectivity index (χ2n) is 7.56. The lowest BCUT2D eigenvalue weighted by molar-refractivity contribution is -0.122. The third-order valence-electron chi connectivity index (χ3n) is 4.98. The summed E-state index contributed by atoms with van der Waals surface area (Å²) in [6, 6.07) is 20.8. The zero-order valence-electron chi connectivity index (χ0n) is 17.8. The fourth-order valence-corrected chi connectivity index (χ4v) is 5.11. The molecule has 1 unspecified atom stereocenters. The standard InChI is InChI=1S/C24H24BrClN2O3S/c1-17-6-8-19(9-7-17)15-28(32(30,31)23-12-10-22(26)11-13-23)16-24(29)27-18(2)20-4-3-5-21(25)14-20/h3-14,18H,15-16H2,1-2H3,(H,27,29). The first kappa shape index (κ1) is 24.5. The number of benzene rings is 3. The molecule has 3 aromatic rings. The van der Waals surface area contributed by atoms with E-state index in [1.807, 2.05) is 62.4 Å². The summed E-state index contributed by atoms with van der Waals surface area (Å²) in [5.74, 6) is -0.387. The first-order chi connectivity index (χ1) is 15.1. The van der Waals surface area contributed by atoms with Gasteiger partial charge in [-0.2, -0.15) is 4.31 Å². The van der Waals surface area contributed by atoms with Gasteiger partial charge in [0.05, 0.1) is 17.5 Å². The highest BCUT2D eigenvalue weighted by atomic mass is 79.9. The summed E-state index contributed by atoms with van der Waals surface area (Å²) in [7, 11) is -3.92. The van der Waals surface area contributed by atoms with Crippen molar-refractivity contribution in [1.29, 1.82) is 0 Å². The van der Waals surface area contributed by atoms with Crippen LogP contribution in [0.5, 0.6) is 0 Å². The van der Waals surface area contributed by atoms with Crippen LogP contribution in [-0.4, -0.2) is 25.2 Å². The molecule has 0 radical (unpaired) electrons. The highest BCUT2D eigenvalue weighted by Crippen LogP contribution is 2.22. The highest BCUT2D eigenvalue weighted by molar-refractivity contribution is 9.10. The van der Waals surface area contributed by atoms with Gasteiger partial charge in [0.1, 0.15) is 0 Å². The molecule has 0 fully saturated rings. The molecule has 8 heteroatoms. The van der Waals surface area contributed by atoms with E-state index >= 15 is 0 Å². The van der Waals surface area contributed by atoms with E-state index in [1.165, 1.54) is 28.6 Å². The van der Waals surface area contributed by atoms with E-state index < -0.39 is 10.0 Å². The maximum absolute atomic E-state index is 13.3. The second kappa shape index (κ2) is 10.6. The van der Waals surface area contributed by atoms with E-state index in [4.69, 9.17) is 11.6 Å². The Morgan fingerprint density at radius 2 is 1.72 bits per heavy atom. The van der Waals surface area contributed by atoms with Gasteiger partial charge in [0.2, 0.25) is 15.9 Å². The van der Waals surface area contributed by atoms with Crippen LogP contribution >= 0.6 is 27.5 Å². The van der Waals surface area contributed by atoms with Gasteiger partial charge in [-0.3, -0.25) is 4.79 Å². The van der Waals surface area contributed by atoms with Gasteiger partial charge in [0.25, 0.3) is 0 Å². The number of carbonyl (C=O) groups is 1. The highest BCUT2D eigenvalue weighted by Gasteiger charge is 2.27. The molecule has 5 nitrogen and oxygen atoms in total. The smallest absolute Gasteiger partial charge is 0.243 e. The Hall–Kier alpha value is -2.19. The zero-order chi connectivity index (χ0) is 23.3. The number of rotatable bonds is 8. The van der Waals surface area contributed by atoms with Crippen LogP contribution in [0.4, 0.5) is 0 Å². The fourth-order valence-electron chi connectivity index (χ4n) is 3.19. The van der Waals surface area contributed by atoms with Gasteiger partial charge in [0, 0.05) is 16.0 Å². The molecule has 168 valence electrons. The molecule has 0 saturated carbocycles. The summed E-state index contributed by atoms with van der Waals surface area (Å²) in [5, 5.41) is 3.33. The minimum atomic E-state index is -3.92. The number of nitrogens with zero attached hydrogens (tertiary/aromatic N) is 1. The van der Waals surface area contributed by atoms with Crippen LogP contribution < -0.4 is 5.32 Å². The van der Waals surface area contributed by atoms with Crippen molar-refractivity contribution in [3.05, 3.63) is 99.0 Å². The predicted molar refractivity (Wildman–Crippen MR) is 131 cm³/mol. The molecule has 1 N–H and O–H groups in total. The van der Waals surface area contributed by atoms with Crippen LogP contribution in [0, 0.1) is 6.92 Å². The topological polar surface area (TPSA) is 66.5 Å². The van der Waals surface area contributed by atoms with E-state index in [1.54, 1.807) is 0 Å². The Morgan fingerprint density at radius 3 is 2.34 bits per heavy atom. The molecule has 32 heavy (non-hydrogen) atoms. The van der Waals surface area contributed by atoms with Crippen molar-refractivity contribution in [2.24, 2.45) is 0 Å². The summed E-state index contributed by atoms with van der Waals surface area (Å²) in [6.45, 7) is 3.58. The quantitative estimate of drug-likeness (QED) is 0.415. The predicted octanol–water partition coefficient (Wildman–Crippen LogP) is 5.48. The van der Waals surface area contributed by atoms with Gasteiger partial charge >= 0.3 is 0 Å². The van der Waals surface area contributed by atoms with Gasteiger partial charge in [0.15, 0.2) is 0 Å². The summed E-state index contributed by atoms with van der Waals surface area (Å²) < 4.78 is 28.8. The Kier molecular flexibility index (Phi) is 8.11. The van der Waals surface area contributed by atoms with Crippen LogP contribution in [0.25, 0.3) is 0 Å². The van der Waals surface area contributed by atoms with Crippen LogP contribution in [0.3, 0.4) is 0 Å². The summed E-state index contributed by atoms with van der Waals surface area (Å²) >= 11 is 9.35. The number of hydrogen-bond acceptors (Lipinski definition) is 3.